The molecule has 6 heteroatoms. The fraction of sp³-hybridized carbons (Fsp3) is 0.600. The molecule has 2 rings (SSSR count). The molecule has 116 valence electrons. The van der Waals surface area contributed by atoms with Crippen LogP contribution in [-0.4, -0.2) is 65.7 Å². The van der Waals surface area contributed by atoms with Crippen LogP contribution in [0.15, 0.2) is 11.2 Å². The molecule has 1 aromatic rings. The standard InChI is InChI=1S/C15H23N3O3/c1-12-15(20)14(13(11-19)9-17-12)10-16-3-2-4-18-5-7-21-8-6-18/h9-10,19-20H,2-8,11H2,1H3. The average Bonchev–Trinajstić information content (AvgIpc) is 2.52. The lowest BCUT2D eigenvalue weighted by Crippen LogP contribution is -2.37. The maximum Gasteiger partial charge on any atom is 0.145 e. The first-order valence-electron chi connectivity index (χ1n) is 7.30. The van der Waals surface area contributed by atoms with Crippen molar-refractivity contribution < 1.29 is 14.9 Å². The maximum atomic E-state index is 9.98. The van der Waals surface area contributed by atoms with Gasteiger partial charge in [0, 0.05) is 49.7 Å². The fourth-order valence-electron chi connectivity index (χ4n) is 2.29. The Labute approximate surface area is 125 Å². The number of aliphatic imine (C=N–C) groups is 1. The molecule has 6 nitrogen and oxygen atoms in total. The van der Waals surface area contributed by atoms with Gasteiger partial charge < -0.3 is 14.9 Å². The van der Waals surface area contributed by atoms with E-state index in [1.54, 1.807) is 19.3 Å². The highest BCUT2D eigenvalue weighted by Gasteiger charge is 2.10. The van der Waals surface area contributed by atoms with Crippen LogP contribution in [-0.2, 0) is 11.3 Å². The van der Waals surface area contributed by atoms with Crippen LogP contribution in [0.3, 0.4) is 0 Å². The molecule has 1 saturated heterocycles. The van der Waals surface area contributed by atoms with Gasteiger partial charge in [-0.05, 0) is 13.3 Å². The van der Waals surface area contributed by atoms with Gasteiger partial charge in [0.15, 0.2) is 0 Å². The van der Waals surface area contributed by atoms with Crippen molar-refractivity contribution in [2.45, 2.75) is 20.0 Å². The van der Waals surface area contributed by atoms with E-state index in [1.807, 2.05) is 0 Å². The second-order valence-corrected chi connectivity index (χ2v) is 5.13. The van der Waals surface area contributed by atoms with Crippen LogP contribution in [0.5, 0.6) is 5.75 Å². The Hall–Kier alpha value is -1.50. The molecule has 1 aliphatic heterocycles. The normalized spacial score (nSPS) is 16.7. The van der Waals surface area contributed by atoms with E-state index in [1.165, 1.54) is 0 Å². The van der Waals surface area contributed by atoms with E-state index in [-0.39, 0.29) is 12.4 Å². The van der Waals surface area contributed by atoms with Crippen molar-refractivity contribution in [3.63, 3.8) is 0 Å². The summed E-state index contributed by atoms with van der Waals surface area (Å²) in [5, 5.41) is 19.3. The van der Waals surface area contributed by atoms with Gasteiger partial charge in [0.2, 0.25) is 0 Å². The number of morpholine rings is 1. The molecule has 0 atom stereocenters. The Balaban J connectivity index is 1.85. The van der Waals surface area contributed by atoms with E-state index in [9.17, 15) is 10.2 Å². The molecule has 0 spiro atoms. The van der Waals surface area contributed by atoms with Gasteiger partial charge in [-0.15, -0.1) is 0 Å². The third-order valence-electron chi connectivity index (χ3n) is 3.61. The Morgan fingerprint density at radius 1 is 1.43 bits per heavy atom. The summed E-state index contributed by atoms with van der Waals surface area (Å²) in [6.45, 7) is 6.88. The van der Waals surface area contributed by atoms with Crippen molar-refractivity contribution in [2.75, 3.05) is 39.4 Å². The SMILES string of the molecule is Cc1ncc(CO)c(C=NCCCN2CCOCC2)c1O. The lowest BCUT2D eigenvalue weighted by molar-refractivity contribution is 0.0377. The van der Waals surface area contributed by atoms with E-state index in [4.69, 9.17) is 4.74 Å². The third-order valence-corrected chi connectivity index (χ3v) is 3.61. The Morgan fingerprint density at radius 2 is 2.19 bits per heavy atom. The Morgan fingerprint density at radius 3 is 2.90 bits per heavy atom. The number of aromatic nitrogens is 1. The second kappa shape index (κ2) is 8.07. The van der Waals surface area contributed by atoms with Crippen LogP contribution >= 0.6 is 0 Å². The number of rotatable bonds is 6. The zero-order chi connectivity index (χ0) is 15.1. The van der Waals surface area contributed by atoms with Crippen molar-refractivity contribution in [1.29, 1.82) is 0 Å². The smallest absolute Gasteiger partial charge is 0.145 e. The van der Waals surface area contributed by atoms with Crippen molar-refractivity contribution in [2.24, 2.45) is 4.99 Å². The van der Waals surface area contributed by atoms with Crippen LogP contribution in [0.25, 0.3) is 0 Å². The van der Waals surface area contributed by atoms with Crippen molar-refractivity contribution >= 4 is 6.21 Å². The van der Waals surface area contributed by atoms with Gasteiger partial charge in [0.05, 0.1) is 25.5 Å². The number of aromatic hydroxyl groups is 1. The minimum atomic E-state index is -0.157. The summed E-state index contributed by atoms with van der Waals surface area (Å²) in [4.78, 5) is 10.7. The number of nitrogens with zero attached hydrogens (tertiary/aromatic N) is 3. The number of aliphatic hydroxyl groups excluding tert-OH is 1. The van der Waals surface area contributed by atoms with Gasteiger partial charge in [0.1, 0.15) is 5.75 Å². The summed E-state index contributed by atoms with van der Waals surface area (Å²) in [5.74, 6) is 0.0958. The Kier molecular flexibility index (Phi) is 6.10. The summed E-state index contributed by atoms with van der Waals surface area (Å²) < 4.78 is 5.31. The molecule has 21 heavy (non-hydrogen) atoms. The first-order chi connectivity index (χ1) is 10.2. The van der Waals surface area contributed by atoms with E-state index in [0.717, 1.165) is 39.3 Å². The van der Waals surface area contributed by atoms with Crippen LogP contribution in [0.2, 0.25) is 0 Å². The molecule has 0 aliphatic carbocycles. The third kappa shape index (κ3) is 4.49. The van der Waals surface area contributed by atoms with Crippen LogP contribution in [0.1, 0.15) is 23.2 Å². The molecule has 0 amide bonds. The van der Waals surface area contributed by atoms with E-state index in [2.05, 4.69) is 14.9 Å². The van der Waals surface area contributed by atoms with Gasteiger partial charge in [-0.25, -0.2) is 0 Å². The zero-order valence-corrected chi connectivity index (χ0v) is 12.5. The summed E-state index contributed by atoms with van der Waals surface area (Å²) in [6.07, 6.45) is 4.18. The lowest BCUT2D eigenvalue weighted by atomic mass is 10.1. The second-order valence-electron chi connectivity index (χ2n) is 5.13. The highest BCUT2D eigenvalue weighted by Crippen LogP contribution is 2.21. The average molecular weight is 293 g/mol. The summed E-state index contributed by atoms with van der Waals surface area (Å²) >= 11 is 0. The number of ether oxygens (including phenoxy) is 1. The highest BCUT2D eigenvalue weighted by molar-refractivity contribution is 5.85. The molecular weight excluding hydrogens is 270 g/mol. The monoisotopic (exact) mass is 293 g/mol. The summed E-state index contributed by atoms with van der Waals surface area (Å²) in [6, 6.07) is 0. The van der Waals surface area contributed by atoms with Crippen molar-refractivity contribution in [3.05, 3.63) is 23.0 Å². The van der Waals surface area contributed by atoms with Crippen molar-refractivity contribution in [1.82, 2.24) is 9.88 Å². The molecule has 0 saturated carbocycles. The largest absolute Gasteiger partial charge is 0.505 e. The molecule has 0 aromatic carbocycles. The number of aliphatic hydroxyl groups is 1. The molecule has 2 heterocycles. The first-order valence-corrected chi connectivity index (χ1v) is 7.30. The minimum Gasteiger partial charge on any atom is -0.505 e. The van der Waals surface area contributed by atoms with Crippen LogP contribution < -0.4 is 0 Å². The highest BCUT2D eigenvalue weighted by atomic mass is 16.5. The quantitative estimate of drug-likeness (QED) is 0.597. The number of pyridine rings is 1. The molecule has 2 N–H and O–H groups in total. The topological polar surface area (TPSA) is 78.2 Å². The van der Waals surface area contributed by atoms with E-state index < -0.39 is 0 Å². The van der Waals surface area contributed by atoms with E-state index in [0.29, 0.717) is 23.4 Å². The number of hydrogen-bond acceptors (Lipinski definition) is 6. The van der Waals surface area contributed by atoms with Gasteiger partial charge in [-0.3, -0.25) is 14.9 Å². The van der Waals surface area contributed by atoms with Gasteiger partial charge in [0.25, 0.3) is 0 Å². The fourth-order valence-corrected chi connectivity index (χ4v) is 2.29. The molecule has 1 aliphatic rings. The zero-order valence-electron chi connectivity index (χ0n) is 12.5. The number of hydrogen-bond donors (Lipinski definition) is 2. The molecule has 0 radical (unpaired) electrons. The van der Waals surface area contributed by atoms with Crippen LogP contribution in [0, 0.1) is 6.92 Å². The lowest BCUT2D eigenvalue weighted by Gasteiger charge is -2.26. The predicted octanol–water partition coefficient (Wildman–Crippen LogP) is 0.729. The van der Waals surface area contributed by atoms with E-state index >= 15 is 0 Å². The minimum absolute atomic E-state index is 0.0958. The number of aryl methyl sites for hydroxylation is 1. The molecule has 0 unspecified atom stereocenters. The molecule has 0 bridgehead atoms. The molecular formula is C15H23N3O3. The van der Waals surface area contributed by atoms with Crippen molar-refractivity contribution in [3.8, 4) is 5.75 Å². The summed E-state index contributed by atoms with van der Waals surface area (Å²) in [5.41, 5.74) is 1.70. The van der Waals surface area contributed by atoms with Gasteiger partial charge in [-0.2, -0.15) is 0 Å². The molecule has 1 fully saturated rings. The summed E-state index contributed by atoms with van der Waals surface area (Å²) in [7, 11) is 0. The first kappa shape index (κ1) is 15.9. The molecule has 1 aromatic heterocycles. The predicted molar refractivity (Wildman–Crippen MR) is 80.9 cm³/mol. The Bertz CT molecular complexity index is 485. The van der Waals surface area contributed by atoms with Crippen LogP contribution in [0.4, 0.5) is 0 Å². The maximum absolute atomic E-state index is 9.98. The van der Waals surface area contributed by atoms with Gasteiger partial charge >= 0.3 is 0 Å². The van der Waals surface area contributed by atoms with Gasteiger partial charge in [-0.1, -0.05) is 0 Å².